The molecule has 1 fully saturated rings. The highest BCUT2D eigenvalue weighted by molar-refractivity contribution is 5.69. The predicted octanol–water partition coefficient (Wildman–Crippen LogP) is 1.19. The van der Waals surface area contributed by atoms with Crippen LogP contribution in [0.1, 0.15) is 26.2 Å². The number of hydrogen-bond acceptors (Lipinski definition) is 3. The van der Waals surface area contributed by atoms with E-state index in [4.69, 9.17) is 0 Å². The Balaban J connectivity index is 2.22. The molecule has 2 atom stereocenters. The molecule has 0 aliphatic carbocycles. The molecule has 0 saturated carbocycles. The maximum atomic E-state index is 10.9. The van der Waals surface area contributed by atoms with E-state index < -0.39 is 0 Å². The molecule has 0 aromatic carbocycles. The molecule has 1 heterocycles. The van der Waals surface area contributed by atoms with Crippen molar-refractivity contribution in [2.75, 3.05) is 20.2 Å². The fourth-order valence-electron chi connectivity index (χ4n) is 1.90. The summed E-state index contributed by atoms with van der Waals surface area (Å²) < 4.78 is 4.62. The van der Waals surface area contributed by atoms with Gasteiger partial charge in [0.2, 0.25) is 0 Å². The van der Waals surface area contributed by atoms with Crippen LogP contribution in [0.25, 0.3) is 0 Å². The molecule has 0 radical (unpaired) electrons. The van der Waals surface area contributed by atoms with Crippen LogP contribution >= 0.6 is 0 Å². The summed E-state index contributed by atoms with van der Waals surface area (Å²) in [4.78, 5) is 10.9. The number of esters is 1. The molecule has 13 heavy (non-hydrogen) atoms. The molecule has 0 amide bonds. The van der Waals surface area contributed by atoms with Crippen LogP contribution in [-0.4, -0.2) is 26.2 Å². The van der Waals surface area contributed by atoms with Gasteiger partial charge in [0.1, 0.15) is 0 Å². The highest BCUT2D eigenvalue weighted by Gasteiger charge is 2.21. The Kier molecular flexibility index (Phi) is 4.22. The first-order chi connectivity index (χ1) is 6.24. The van der Waals surface area contributed by atoms with Crippen LogP contribution in [0.4, 0.5) is 0 Å². The molecule has 0 aromatic rings. The molecular weight excluding hydrogens is 166 g/mol. The Hall–Kier alpha value is -0.570. The minimum absolute atomic E-state index is 0.0780. The summed E-state index contributed by atoms with van der Waals surface area (Å²) in [6, 6.07) is 0. The number of methoxy groups -OCH3 is 1. The van der Waals surface area contributed by atoms with Crippen LogP contribution in [0, 0.1) is 11.8 Å². The van der Waals surface area contributed by atoms with Crippen LogP contribution < -0.4 is 5.32 Å². The monoisotopic (exact) mass is 185 g/mol. The van der Waals surface area contributed by atoms with Gasteiger partial charge in [-0.2, -0.15) is 0 Å². The third kappa shape index (κ3) is 3.35. The Labute approximate surface area is 79.8 Å². The van der Waals surface area contributed by atoms with Crippen LogP contribution in [-0.2, 0) is 9.53 Å². The standard InChI is InChI=1S/C10H19NO2/c1-8-7-11-6-5-9(8)3-4-10(12)13-2/h8-9,11H,3-7H2,1-2H3. The van der Waals surface area contributed by atoms with Gasteiger partial charge in [0.15, 0.2) is 0 Å². The Bertz CT molecular complexity index is 170. The van der Waals surface area contributed by atoms with Crippen molar-refractivity contribution in [3.63, 3.8) is 0 Å². The van der Waals surface area contributed by atoms with Crippen molar-refractivity contribution in [3.8, 4) is 0 Å². The highest BCUT2D eigenvalue weighted by Crippen LogP contribution is 2.23. The number of ether oxygens (including phenoxy) is 1. The van der Waals surface area contributed by atoms with Gasteiger partial charge in [0, 0.05) is 6.42 Å². The predicted molar refractivity (Wildman–Crippen MR) is 51.4 cm³/mol. The van der Waals surface area contributed by atoms with Gasteiger partial charge in [-0.15, -0.1) is 0 Å². The number of nitrogens with one attached hydrogen (secondary N) is 1. The largest absolute Gasteiger partial charge is 0.469 e. The topological polar surface area (TPSA) is 38.3 Å². The maximum Gasteiger partial charge on any atom is 0.305 e. The summed E-state index contributed by atoms with van der Waals surface area (Å²) in [7, 11) is 1.45. The van der Waals surface area contributed by atoms with Crippen molar-refractivity contribution < 1.29 is 9.53 Å². The van der Waals surface area contributed by atoms with Crippen LogP contribution in [0.3, 0.4) is 0 Å². The van der Waals surface area contributed by atoms with E-state index in [-0.39, 0.29) is 5.97 Å². The molecule has 1 saturated heterocycles. The van der Waals surface area contributed by atoms with Gasteiger partial charge in [-0.3, -0.25) is 4.79 Å². The summed E-state index contributed by atoms with van der Waals surface area (Å²) in [6.07, 6.45) is 2.75. The second-order valence-corrected chi connectivity index (χ2v) is 3.84. The summed E-state index contributed by atoms with van der Waals surface area (Å²) >= 11 is 0. The van der Waals surface area contributed by atoms with E-state index in [0.29, 0.717) is 18.3 Å². The Morgan fingerprint density at radius 1 is 1.62 bits per heavy atom. The Morgan fingerprint density at radius 3 is 3.00 bits per heavy atom. The third-order valence-electron chi connectivity index (χ3n) is 2.91. The van der Waals surface area contributed by atoms with Gasteiger partial charge in [0.05, 0.1) is 7.11 Å². The van der Waals surface area contributed by atoms with Crippen molar-refractivity contribution >= 4 is 5.97 Å². The fourth-order valence-corrected chi connectivity index (χ4v) is 1.90. The van der Waals surface area contributed by atoms with E-state index in [1.54, 1.807) is 0 Å². The lowest BCUT2D eigenvalue weighted by molar-refractivity contribution is -0.141. The smallest absolute Gasteiger partial charge is 0.305 e. The summed E-state index contributed by atoms with van der Waals surface area (Å²) in [5.74, 6) is 1.31. The van der Waals surface area contributed by atoms with Crippen LogP contribution in [0.15, 0.2) is 0 Å². The average Bonchev–Trinajstić information content (AvgIpc) is 2.16. The van der Waals surface area contributed by atoms with Crippen molar-refractivity contribution in [1.29, 1.82) is 0 Å². The normalized spacial score (nSPS) is 28.5. The average molecular weight is 185 g/mol. The minimum atomic E-state index is -0.0780. The minimum Gasteiger partial charge on any atom is -0.469 e. The van der Waals surface area contributed by atoms with E-state index in [9.17, 15) is 4.79 Å². The SMILES string of the molecule is COC(=O)CCC1CCNCC1C. The molecule has 1 N–H and O–H groups in total. The lowest BCUT2D eigenvalue weighted by atomic mass is 9.84. The molecule has 0 spiro atoms. The summed E-state index contributed by atoms with van der Waals surface area (Å²) in [6.45, 7) is 4.43. The quantitative estimate of drug-likeness (QED) is 0.671. The van der Waals surface area contributed by atoms with E-state index in [1.807, 2.05) is 0 Å². The van der Waals surface area contributed by atoms with E-state index in [1.165, 1.54) is 13.5 Å². The third-order valence-corrected chi connectivity index (χ3v) is 2.91. The zero-order valence-electron chi connectivity index (χ0n) is 8.51. The molecule has 1 rings (SSSR count). The highest BCUT2D eigenvalue weighted by atomic mass is 16.5. The lowest BCUT2D eigenvalue weighted by Crippen LogP contribution is -2.35. The van der Waals surface area contributed by atoms with Gasteiger partial charge >= 0.3 is 5.97 Å². The number of carbonyl (C=O) groups excluding carboxylic acids is 1. The maximum absolute atomic E-state index is 10.9. The zero-order chi connectivity index (χ0) is 9.68. The number of hydrogen-bond donors (Lipinski definition) is 1. The van der Waals surface area contributed by atoms with Crippen LogP contribution in [0.5, 0.6) is 0 Å². The molecule has 0 bridgehead atoms. The van der Waals surface area contributed by atoms with E-state index in [2.05, 4.69) is 17.0 Å². The molecule has 76 valence electrons. The summed E-state index contributed by atoms with van der Waals surface area (Å²) in [5.41, 5.74) is 0. The molecule has 1 aliphatic rings. The van der Waals surface area contributed by atoms with Crippen molar-refractivity contribution in [1.82, 2.24) is 5.32 Å². The van der Waals surface area contributed by atoms with Crippen molar-refractivity contribution in [3.05, 3.63) is 0 Å². The molecular formula is C10H19NO2. The number of carbonyl (C=O) groups is 1. The Morgan fingerprint density at radius 2 is 2.38 bits per heavy atom. The summed E-state index contributed by atoms with van der Waals surface area (Å²) in [5, 5.41) is 3.35. The molecule has 1 aliphatic heterocycles. The van der Waals surface area contributed by atoms with Crippen molar-refractivity contribution in [2.45, 2.75) is 26.2 Å². The van der Waals surface area contributed by atoms with Gasteiger partial charge in [-0.05, 0) is 37.8 Å². The number of piperidine rings is 1. The number of rotatable bonds is 3. The van der Waals surface area contributed by atoms with Gasteiger partial charge in [0.25, 0.3) is 0 Å². The zero-order valence-corrected chi connectivity index (χ0v) is 8.51. The van der Waals surface area contributed by atoms with Crippen molar-refractivity contribution in [2.24, 2.45) is 11.8 Å². The molecule has 3 heteroatoms. The van der Waals surface area contributed by atoms with Gasteiger partial charge < -0.3 is 10.1 Å². The molecule has 2 unspecified atom stereocenters. The fraction of sp³-hybridized carbons (Fsp3) is 0.900. The van der Waals surface area contributed by atoms with Gasteiger partial charge in [-0.25, -0.2) is 0 Å². The van der Waals surface area contributed by atoms with E-state index >= 15 is 0 Å². The first-order valence-corrected chi connectivity index (χ1v) is 5.01. The molecule has 3 nitrogen and oxygen atoms in total. The lowest BCUT2D eigenvalue weighted by Gasteiger charge is -2.29. The van der Waals surface area contributed by atoms with Crippen LogP contribution in [0.2, 0.25) is 0 Å². The first kappa shape index (κ1) is 10.5. The molecule has 0 aromatic heterocycles. The van der Waals surface area contributed by atoms with Gasteiger partial charge in [-0.1, -0.05) is 6.92 Å². The second-order valence-electron chi connectivity index (χ2n) is 3.84. The second kappa shape index (κ2) is 5.22. The van der Waals surface area contributed by atoms with E-state index in [0.717, 1.165) is 19.5 Å². The first-order valence-electron chi connectivity index (χ1n) is 5.01.